The van der Waals surface area contributed by atoms with Gasteiger partial charge in [0, 0.05) is 12.6 Å². The molecule has 0 saturated carbocycles. The molecule has 0 spiro atoms. The maximum Gasteiger partial charge on any atom is 0.174 e. The number of anilines is 1. The summed E-state index contributed by atoms with van der Waals surface area (Å²) >= 11 is 11.6. The Hall–Kier alpha value is -1.39. The van der Waals surface area contributed by atoms with Crippen molar-refractivity contribution in [3.05, 3.63) is 51.0 Å². The second-order valence-electron chi connectivity index (χ2n) is 4.27. The molecule has 19 heavy (non-hydrogen) atoms. The third-order valence-electron chi connectivity index (χ3n) is 2.70. The number of halogens is 3. The molecule has 1 N–H and O–H groups in total. The van der Waals surface area contributed by atoms with Crippen molar-refractivity contribution in [2.24, 2.45) is 0 Å². The first kappa shape index (κ1) is 14.0. The summed E-state index contributed by atoms with van der Waals surface area (Å²) in [4.78, 5) is 0. The first-order valence-corrected chi connectivity index (χ1v) is 6.41. The molecule has 0 aliphatic rings. The molecule has 0 radical (unpaired) electrons. The standard InChI is InChI=1S/C13H12Cl2FN3/c1-7-3-9(4-8(2)12(7)16)6-17-10-5-11(14)18-19-13(10)15/h3-5H,6H2,1-2H3,(H,17,18). The zero-order chi connectivity index (χ0) is 14.0. The van der Waals surface area contributed by atoms with E-state index < -0.39 is 0 Å². The first-order chi connectivity index (χ1) is 8.97. The van der Waals surface area contributed by atoms with Crippen LogP contribution in [0.2, 0.25) is 10.3 Å². The highest BCUT2D eigenvalue weighted by molar-refractivity contribution is 6.33. The van der Waals surface area contributed by atoms with E-state index in [2.05, 4.69) is 15.5 Å². The van der Waals surface area contributed by atoms with Gasteiger partial charge in [-0.25, -0.2) is 4.39 Å². The predicted octanol–water partition coefficient (Wildman–Crippen LogP) is 4.15. The molecule has 1 aromatic heterocycles. The summed E-state index contributed by atoms with van der Waals surface area (Å²) in [5.41, 5.74) is 2.80. The Morgan fingerprint density at radius 2 is 1.74 bits per heavy atom. The van der Waals surface area contributed by atoms with Gasteiger partial charge in [-0.1, -0.05) is 35.3 Å². The fourth-order valence-electron chi connectivity index (χ4n) is 1.81. The van der Waals surface area contributed by atoms with Crippen LogP contribution in [0.15, 0.2) is 18.2 Å². The number of aromatic nitrogens is 2. The topological polar surface area (TPSA) is 37.8 Å². The number of benzene rings is 1. The van der Waals surface area contributed by atoms with Crippen LogP contribution in [0.1, 0.15) is 16.7 Å². The van der Waals surface area contributed by atoms with Crippen molar-refractivity contribution < 1.29 is 4.39 Å². The molecular formula is C13H12Cl2FN3. The highest BCUT2D eigenvalue weighted by atomic mass is 35.5. The van der Waals surface area contributed by atoms with E-state index in [-0.39, 0.29) is 16.1 Å². The fraction of sp³-hybridized carbons (Fsp3) is 0.231. The summed E-state index contributed by atoms with van der Waals surface area (Å²) < 4.78 is 13.5. The SMILES string of the molecule is Cc1cc(CNc2cc(Cl)nnc2Cl)cc(C)c1F. The number of nitrogens with zero attached hydrogens (tertiary/aromatic N) is 2. The quantitative estimate of drug-likeness (QED) is 0.925. The molecule has 0 bridgehead atoms. The first-order valence-electron chi connectivity index (χ1n) is 5.65. The Morgan fingerprint density at radius 1 is 1.11 bits per heavy atom. The van der Waals surface area contributed by atoms with Crippen molar-refractivity contribution in [1.82, 2.24) is 10.2 Å². The molecule has 1 aromatic carbocycles. The number of rotatable bonds is 3. The molecule has 3 nitrogen and oxygen atoms in total. The Kier molecular flexibility index (Phi) is 4.22. The Morgan fingerprint density at radius 3 is 2.37 bits per heavy atom. The van der Waals surface area contributed by atoms with Gasteiger partial charge in [0.15, 0.2) is 10.3 Å². The second-order valence-corrected chi connectivity index (χ2v) is 5.01. The molecule has 0 atom stereocenters. The molecule has 1 heterocycles. The summed E-state index contributed by atoms with van der Waals surface area (Å²) in [7, 11) is 0. The van der Waals surface area contributed by atoms with Crippen molar-refractivity contribution in [2.75, 3.05) is 5.32 Å². The Balaban J connectivity index is 2.17. The monoisotopic (exact) mass is 299 g/mol. The molecule has 6 heteroatoms. The van der Waals surface area contributed by atoms with Crippen LogP contribution in [-0.4, -0.2) is 10.2 Å². The Labute approximate surface area is 120 Å². The average molecular weight is 300 g/mol. The van der Waals surface area contributed by atoms with Gasteiger partial charge in [-0.2, -0.15) is 0 Å². The van der Waals surface area contributed by atoms with Gasteiger partial charge in [-0.15, -0.1) is 10.2 Å². The van der Waals surface area contributed by atoms with E-state index in [1.807, 2.05) is 0 Å². The maximum absolute atomic E-state index is 13.5. The van der Waals surface area contributed by atoms with E-state index >= 15 is 0 Å². The minimum Gasteiger partial charge on any atom is -0.378 e. The summed E-state index contributed by atoms with van der Waals surface area (Å²) in [6.45, 7) is 3.98. The molecule has 2 aromatic rings. The average Bonchev–Trinajstić information content (AvgIpc) is 2.37. The van der Waals surface area contributed by atoms with Crippen LogP contribution in [-0.2, 0) is 6.54 Å². The van der Waals surface area contributed by atoms with E-state index in [1.54, 1.807) is 32.0 Å². The third-order valence-corrected chi connectivity index (χ3v) is 3.16. The molecule has 2 rings (SSSR count). The largest absolute Gasteiger partial charge is 0.378 e. The highest BCUT2D eigenvalue weighted by Gasteiger charge is 2.06. The Bertz CT molecular complexity index is 594. The van der Waals surface area contributed by atoms with E-state index in [9.17, 15) is 4.39 Å². The van der Waals surface area contributed by atoms with Gasteiger partial charge in [0.1, 0.15) is 5.82 Å². The summed E-state index contributed by atoms with van der Waals surface area (Å²) in [6.07, 6.45) is 0. The number of hydrogen-bond acceptors (Lipinski definition) is 3. The van der Waals surface area contributed by atoms with Gasteiger partial charge < -0.3 is 5.32 Å². The number of aryl methyl sites for hydroxylation is 2. The lowest BCUT2D eigenvalue weighted by Gasteiger charge is -2.10. The summed E-state index contributed by atoms with van der Waals surface area (Å²) in [5.74, 6) is -0.171. The van der Waals surface area contributed by atoms with Crippen molar-refractivity contribution in [3.8, 4) is 0 Å². The molecule has 0 fully saturated rings. The van der Waals surface area contributed by atoms with E-state index in [4.69, 9.17) is 23.2 Å². The maximum atomic E-state index is 13.5. The number of hydrogen-bond donors (Lipinski definition) is 1. The fourth-order valence-corrected chi connectivity index (χ4v) is 2.12. The van der Waals surface area contributed by atoms with Gasteiger partial charge >= 0.3 is 0 Å². The highest BCUT2D eigenvalue weighted by Crippen LogP contribution is 2.22. The zero-order valence-electron chi connectivity index (χ0n) is 10.5. The van der Waals surface area contributed by atoms with Gasteiger partial charge in [0.25, 0.3) is 0 Å². The van der Waals surface area contributed by atoms with E-state index in [0.717, 1.165) is 5.56 Å². The molecule has 0 aliphatic heterocycles. The lowest BCUT2D eigenvalue weighted by molar-refractivity contribution is 0.608. The van der Waals surface area contributed by atoms with Gasteiger partial charge in [0.05, 0.1) is 5.69 Å². The molecule has 100 valence electrons. The van der Waals surface area contributed by atoms with Crippen LogP contribution in [0.5, 0.6) is 0 Å². The third kappa shape index (κ3) is 3.33. The molecular weight excluding hydrogens is 288 g/mol. The van der Waals surface area contributed by atoms with Crippen LogP contribution >= 0.6 is 23.2 Å². The van der Waals surface area contributed by atoms with Gasteiger partial charge in [-0.3, -0.25) is 0 Å². The smallest absolute Gasteiger partial charge is 0.174 e. The van der Waals surface area contributed by atoms with Crippen molar-refractivity contribution >= 4 is 28.9 Å². The second kappa shape index (κ2) is 5.72. The van der Waals surface area contributed by atoms with Crippen LogP contribution in [0.25, 0.3) is 0 Å². The number of nitrogens with one attached hydrogen (secondary N) is 1. The van der Waals surface area contributed by atoms with Crippen LogP contribution in [0, 0.1) is 19.7 Å². The van der Waals surface area contributed by atoms with E-state index in [1.165, 1.54) is 0 Å². The van der Waals surface area contributed by atoms with Crippen LogP contribution in [0.3, 0.4) is 0 Å². The predicted molar refractivity (Wildman–Crippen MR) is 75.3 cm³/mol. The minimum absolute atomic E-state index is 0.171. The molecule has 0 aliphatic carbocycles. The molecule has 0 unspecified atom stereocenters. The zero-order valence-corrected chi connectivity index (χ0v) is 12.0. The van der Waals surface area contributed by atoms with Crippen LogP contribution < -0.4 is 5.32 Å². The van der Waals surface area contributed by atoms with Crippen molar-refractivity contribution in [1.29, 1.82) is 0 Å². The lowest BCUT2D eigenvalue weighted by Crippen LogP contribution is -2.03. The summed E-state index contributed by atoms with van der Waals surface area (Å²) in [6, 6.07) is 5.18. The lowest BCUT2D eigenvalue weighted by atomic mass is 10.1. The normalized spacial score (nSPS) is 10.6. The van der Waals surface area contributed by atoms with Crippen molar-refractivity contribution in [2.45, 2.75) is 20.4 Å². The molecule has 0 amide bonds. The summed E-state index contributed by atoms with van der Waals surface area (Å²) in [5, 5.41) is 10.9. The van der Waals surface area contributed by atoms with Gasteiger partial charge in [-0.05, 0) is 30.5 Å². The van der Waals surface area contributed by atoms with Crippen LogP contribution in [0.4, 0.5) is 10.1 Å². The van der Waals surface area contributed by atoms with Crippen molar-refractivity contribution in [3.63, 3.8) is 0 Å². The van der Waals surface area contributed by atoms with E-state index in [0.29, 0.717) is 23.4 Å². The van der Waals surface area contributed by atoms with Gasteiger partial charge in [0.2, 0.25) is 0 Å². The minimum atomic E-state index is -0.171. The molecule has 0 saturated heterocycles.